The first kappa shape index (κ1) is 25.3. The number of amides is 1. The van der Waals surface area contributed by atoms with E-state index in [1.54, 1.807) is 25.3 Å². The van der Waals surface area contributed by atoms with Gasteiger partial charge in [0.25, 0.3) is 0 Å². The van der Waals surface area contributed by atoms with Crippen LogP contribution in [-0.4, -0.2) is 72.9 Å². The molecule has 0 aromatic heterocycles. The highest BCUT2D eigenvalue weighted by molar-refractivity contribution is 5.77. The molecule has 7 nitrogen and oxygen atoms in total. The maximum atomic E-state index is 13.8. The maximum Gasteiger partial charge on any atom is 0.222 e. The molecule has 0 atom stereocenters. The van der Waals surface area contributed by atoms with Crippen molar-refractivity contribution in [3.8, 4) is 17.2 Å². The fraction of sp³-hybridized carbons (Fsp3) is 0.519. The second kappa shape index (κ2) is 11.7. The number of ether oxygens (including phenoxy) is 3. The number of piperidine rings is 1. The number of aliphatic hydroxyl groups is 1. The molecule has 2 fully saturated rings. The van der Waals surface area contributed by atoms with Crippen LogP contribution in [-0.2, 0) is 11.3 Å². The Morgan fingerprint density at radius 1 is 1.03 bits per heavy atom. The van der Waals surface area contributed by atoms with Gasteiger partial charge in [-0.2, -0.15) is 0 Å². The molecular formula is C27H35FN2O5. The van der Waals surface area contributed by atoms with Gasteiger partial charge in [0.1, 0.15) is 12.2 Å². The summed E-state index contributed by atoms with van der Waals surface area (Å²) in [4.78, 5) is 15.9. The molecule has 4 rings (SSSR count). The molecule has 0 spiro atoms. The molecule has 1 N–H and O–H groups in total. The minimum Gasteiger partial charge on any atom is -0.493 e. The molecule has 2 aliphatic rings. The molecule has 2 heterocycles. The third-order valence-corrected chi connectivity index (χ3v) is 6.76. The largest absolute Gasteiger partial charge is 0.493 e. The van der Waals surface area contributed by atoms with E-state index in [1.165, 1.54) is 6.07 Å². The summed E-state index contributed by atoms with van der Waals surface area (Å²) in [5, 5.41) is 10.9. The second-order valence-electron chi connectivity index (χ2n) is 9.39. The van der Waals surface area contributed by atoms with Gasteiger partial charge in [0.15, 0.2) is 23.1 Å². The van der Waals surface area contributed by atoms with Crippen molar-refractivity contribution in [1.82, 2.24) is 9.80 Å². The van der Waals surface area contributed by atoms with E-state index in [0.29, 0.717) is 50.5 Å². The van der Waals surface area contributed by atoms with Crippen LogP contribution >= 0.6 is 0 Å². The Bertz CT molecular complexity index is 993. The summed E-state index contributed by atoms with van der Waals surface area (Å²) in [5.74, 6) is 1.36. The van der Waals surface area contributed by atoms with Gasteiger partial charge < -0.3 is 24.2 Å². The van der Waals surface area contributed by atoms with E-state index in [-0.39, 0.29) is 18.3 Å². The van der Waals surface area contributed by atoms with Crippen LogP contribution in [0.15, 0.2) is 42.5 Å². The summed E-state index contributed by atoms with van der Waals surface area (Å²) < 4.78 is 30.8. The van der Waals surface area contributed by atoms with E-state index in [0.717, 1.165) is 38.0 Å². The zero-order chi connectivity index (χ0) is 24.7. The van der Waals surface area contributed by atoms with E-state index in [2.05, 4.69) is 4.90 Å². The summed E-state index contributed by atoms with van der Waals surface area (Å²) in [5.41, 5.74) is 0.132. The number of likely N-dealkylation sites (tertiary alicyclic amines) is 2. The summed E-state index contributed by atoms with van der Waals surface area (Å²) in [6.07, 6.45) is 3.48. The Morgan fingerprint density at radius 3 is 2.54 bits per heavy atom. The van der Waals surface area contributed by atoms with Gasteiger partial charge >= 0.3 is 0 Å². The Labute approximate surface area is 206 Å². The molecule has 2 aliphatic heterocycles. The van der Waals surface area contributed by atoms with Crippen LogP contribution in [0.25, 0.3) is 0 Å². The lowest BCUT2D eigenvalue weighted by Gasteiger charge is -2.38. The van der Waals surface area contributed by atoms with E-state index in [1.807, 2.05) is 23.1 Å². The predicted octanol–water partition coefficient (Wildman–Crippen LogP) is 3.63. The SMILES string of the molecule is COc1ccc(CN2CCC(O)(COc3ccccc3F)CC2)cc1OCCCN1CCCC1=O. The van der Waals surface area contributed by atoms with Gasteiger partial charge in [-0.3, -0.25) is 9.69 Å². The third kappa shape index (κ3) is 6.86. The molecule has 1 amide bonds. The molecule has 0 saturated carbocycles. The second-order valence-corrected chi connectivity index (χ2v) is 9.39. The van der Waals surface area contributed by atoms with Crippen LogP contribution < -0.4 is 14.2 Å². The molecule has 0 aliphatic carbocycles. The van der Waals surface area contributed by atoms with Gasteiger partial charge in [0.2, 0.25) is 5.91 Å². The highest BCUT2D eigenvalue weighted by Gasteiger charge is 2.33. The van der Waals surface area contributed by atoms with Gasteiger partial charge in [0, 0.05) is 39.1 Å². The van der Waals surface area contributed by atoms with Crippen molar-refractivity contribution in [2.24, 2.45) is 0 Å². The molecule has 2 aromatic carbocycles. The molecular weight excluding hydrogens is 451 g/mol. The molecule has 0 radical (unpaired) electrons. The molecule has 8 heteroatoms. The molecule has 190 valence electrons. The lowest BCUT2D eigenvalue weighted by Crippen LogP contribution is -2.47. The maximum absolute atomic E-state index is 13.8. The fourth-order valence-electron chi connectivity index (χ4n) is 4.61. The standard InChI is InChI=1S/C27H35FN2O5/c1-33-24-10-9-21(18-25(24)34-17-5-14-30-13-4-8-26(30)31)19-29-15-11-27(32,12-16-29)20-35-23-7-3-2-6-22(23)28/h2-3,6-7,9-10,18,32H,4-5,8,11-17,19-20H2,1H3. The number of nitrogens with zero attached hydrogens (tertiary/aromatic N) is 2. The van der Waals surface area contributed by atoms with Gasteiger partial charge in [-0.1, -0.05) is 18.2 Å². The molecule has 0 unspecified atom stereocenters. The first-order valence-corrected chi connectivity index (χ1v) is 12.4. The van der Waals surface area contributed by atoms with Crippen molar-refractivity contribution in [2.75, 3.05) is 46.5 Å². The average molecular weight is 487 g/mol. The van der Waals surface area contributed by atoms with Crippen molar-refractivity contribution in [3.05, 3.63) is 53.8 Å². The first-order chi connectivity index (χ1) is 17.0. The zero-order valence-electron chi connectivity index (χ0n) is 20.4. The van der Waals surface area contributed by atoms with Crippen molar-refractivity contribution < 1.29 is 28.5 Å². The molecule has 35 heavy (non-hydrogen) atoms. The Balaban J connectivity index is 1.25. The number of carbonyl (C=O) groups is 1. The quantitative estimate of drug-likeness (QED) is 0.489. The fourth-order valence-corrected chi connectivity index (χ4v) is 4.61. The number of benzene rings is 2. The number of methoxy groups -OCH3 is 1. The van der Waals surface area contributed by atoms with Crippen LogP contribution in [0, 0.1) is 5.82 Å². The summed E-state index contributed by atoms with van der Waals surface area (Å²) in [6, 6.07) is 12.2. The normalized spacial score (nSPS) is 18.0. The highest BCUT2D eigenvalue weighted by atomic mass is 19.1. The van der Waals surface area contributed by atoms with Crippen LogP contribution in [0.4, 0.5) is 4.39 Å². The third-order valence-electron chi connectivity index (χ3n) is 6.76. The topological polar surface area (TPSA) is 71.5 Å². The number of hydrogen-bond acceptors (Lipinski definition) is 6. The smallest absolute Gasteiger partial charge is 0.222 e. The number of halogens is 1. The number of rotatable bonds is 11. The highest BCUT2D eigenvalue weighted by Crippen LogP contribution is 2.30. The van der Waals surface area contributed by atoms with E-state index < -0.39 is 11.4 Å². The lowest BCUT2D eigenvalue weighted by atomic mass is 9.92. The van der Waals surface area contributed by atoms with Crippen LogP contribution in [0.2, 0.25) is 0 Å². The number of hydrogen-bond donors (Lipinski definition) is 1. The Hall–Kier alpha value is -2.84. The van der Waals surface area contributed by atoms with Crippen LogP contribution in [0.3, 0.4) is 0 Å². The Kier molecular flexibility index (Phi) is 8.46. The minimum atomic E-state index is -0.969. The van der Waals surface area contributed by atoms with Gasteiger partial charge in [-0.15, -0.1) is 0 Å². The number of carbonyl (C=O) groups excluding carboxylic acids is 1. The van der Waals surface area contributed by atoms with Crippen LogP contribution in [0.1, 0.15) is 37.7 Å². The zero-order valence-corrected chi connectivity index (χ0v) is 20.4. The van der Waals surface area contributed by atoms with Crippen molar-refractivity contribution in [1.29, 1.82) is 0 Å². The number of para-hydroxylation sites is 1. The summed E-state index contributed by atoms with van der Waals surface area (Å²) in [7, 11) is 1.62. The van der Waals surface area contributed by atoms with E-state index in [4.69, 9.17) is 14.2 Å². The van der Waals surface area contributed by atoms with Gasteiger partial charge in [-0.25, -0.2) is 4.39 Å². The first-order valence-electron chi connectivity index (χ1n) is 12.4. The van der Waals surface area contributed by atoms with E-state index >= 15 is 0 Å². The summed E-state index contributed by atoms with van der Waals surface area (Å²) in [6.45, 7) is 4.31. The average Bonchev–Trinajstić information content (AvgIpc) is 3.27. The molecule has 2 aromatic rings. The molecule has 0 bridgehead atoms. The van der Waals surface area contributed by atoms with Crippen LogP contribution in [0.5, 0.6) is 17.2 Å². The van der Waals surface area contributed by atoms with Gasteiger partial charge in [0.05, 0.1) is 13.7 Å². The van der Waals surface area contributed by atoms with E-state index in [9.17, 15) is 14.3 Å². The van der Waals surface area contributed by atoms with Crippen molar-refractivity contribution >= 4 is 5.91 Å². The Morgan fingerprint density at radius 2 is 1.83 bits per heavy atom. The lowest BCUT2D eigenvalue weighted by molar-refractivity contribution is -0.127. The monoisotopic (exact) mass is 486 g/mol. The van der Waals surface area contributed by atoms with Crippen molar-refractivity contribution in [3.63, 3.8) is 0 Å². The van der Waals surface area contributed by atoms with Crippen molar-refractivity contribution in [2.45, 2.75) is 44.2 Å². The summed E-state index contributed by atoms with van der Waals surface area (Å²) >= 11 is 0. The predicted molar refractivity (Wildman–Crippen MR) is 130 cm³/mol. The van der Waals surface area contributed by atoms with Gasteiger partial charge in [-0.05, 0) is 55.5 Å². The minimum absolute atomic E-state index is 0.0747. The molecule has 2 saturated heterocycles.